The van der Waals surface area contributed by atoms with Gasteiger partial charge in [-0.2, -0.15) is 5.26 Å². The minimum absolute atomic E-state index is 0.271. The summed E-state index contributed by atoms with van der Waals surface area (Å²) in [6, 6.07) is 45.3. The summed E-state index contributed by atoms with van der Waals surface area (Å²) >= 11 is 3.29. The average molecular weight is 812 g/mol. The lowest BCUT2D eigenvalue weighted by Gasteiger charge is -2.20. The van der Waals surface area contributed by atoms with Crippen LogP contribution in [0.25, 0.3) is 106 Å². The Morgan fingerprint density at radius 1 is 0.424 bits per heavy atom. The molecule has 0 saturated heterocycles. The molecule has 0 aliphatic rings. The lowest BCUT2D eigenvalue weighted by molar-refractivity contribution is 0.381. The third-order valence-electron chi connectivity index (χ3n) is 11.5. The Labute approximate surface area is 338 Å². The van der Waals surface area contributed by atoms with Crippen LogP contribution in [0.3, 0.4) is 0 Å². The van der Waals surface area contributed by atoms with Crippen molar-refractivity contribution in [2.45, 2.75) is 0 Å². The molecule has 280 valence electrons. The average Bonchev–Trinajstić information content (AvgIpc) is 4.02. The molecule has 0 spiro atoms. The molecule has 10 heteroatoms. The third kappa shape index (κ3) is 4.48. The number of halogens is 5. The summed E-state index contributed by atoms with van der Waals surface area (Å²) in [5.74, 6) is -10.5. The van der Waals surface area contributed by atoms with Crippen LogP contribution in [0.15, 0.2) is 133 Å². The second-order valence-corrected chi connectivity index (χ2v) is 16.7. The number of rotatable bonds is 3. The zero-order valence-electron chi connectivity index (χ0n) is 30.2. The lowest BCUT2D eigenvalue weighted by atomic mass is 9.96. The smallest absolute Gasteiger partial charge is 0.200 e. The van der Waals surface area contributed by atoms with Crippen molar-refractivity contribution in [3.8, 4) is 28.6 Å². The van der Waals surface area contributed by atoms with E-state index in [4.69, 9.17) is 0 Å². The fourth-order valence-corrected chi connectivity index (χ4v) is 11.3. The van der Waals surface area contributed by atoms with E-state index in [1.54, 1.807) is 22.7 Å². The van der Waals surface area contributed by atoms with Gasteiger partial charge in [-0.25, -0.2) is 22.0 Å². The number of fused-ring (bicyclic) bond motifs is 14. The van der Waals surface area contributed by atoms with Gasteiger partial charge >= 0.3 is 0 Å². The Balaban J connectivity index is 1.35. The highest BCUT2D eigenvalue weighted by molar-refractivity contribution is 7.26. The number of hydrogen-bond acceptors (Lipinski definition) is 3. The number of hydrogen-bond donors (Lipinski definition) is 0. The minimum atomic E-state index is -2.27. The van der Waals surface area contributed by atoms with E-state index in [0.717, 1.165) is 84.0 Å². The van der Waals surface area contributed by atoms with Crippen molar-refractivity contribution in [3.05, 3.63) is 168 Å². The number of benzene rings is 8. The number of para-hydroxylation sites is 2. The van der Waals surface area contributed by atoms with Crippen LogP contribution in [0.4, 0.5) is 22.0 Å². The molecule has 4 aromatic heterocycles. The van der Waals surface area contributed by atoms with Crippen LogP contribution in [0.2, 0.25) is 0 Å². The van der Waals surface area contributed by atoms with Crippen LogP contribution in [-0.4, -0.2) is 9.13 Å². The van der Waals surface area contributed by atoms with Gasteiger partial charge in [-0.15, -0.1) is 22.7 Å². The molecular formula is C49H22F5N3S2. The first kappa shape index (κ1) is 34.0. The van der Waals surface area contributed by atoms with Crippen molar-refractivity contribution < 1.29 is 22.0 Å². The predicted octanol–water partition coefficient (Wildman–Crippen LogP) is 14.9. The van der Waals surface area contributed by atoms with Gasteiger partial charge < -0.3 is 9.13 Å². The van der Waals surface area contributed by atoms with Gasteiger partial charge in [0.1, 0.15) is 0 Å². The number of nitriles is 1. The highest BCUT2D eigenvalue weighted by Gasteiger charge is 2.31. The molecule has 12 rings (SSSR count). The van der Waals surface area contributed by atoms with Gasteiger partial charge in [0, 0.05) is 67.5 Å². The first-order valence-corrected chi connectivity index (χ1v) is 20.2. The monoisotopic (exact) mass is 811 g/mol. The summed E-state index contributed by atoms with van der Waals surface area (Å²) < 4.78 is 84.9. The van der Waals surface area contributed by atoms with Gasteiger partial charge in [-0.05, 0) is 48.5 Å². The van der Waals surface area contributed by atoms with E-state index in [1.807, 2.05) is 77.4 Å². The topological polar surface area (TPSA) is 33.6 Å². The lowest BCUT2D eigenvalue weighted by Crippen LogP contribution is -2.08. The second kappa shape index (κ2) is 12.2. The number of aromatic nitrogens is 2. The van der Waals surface area contributed by atoms with Gasteiger partial charge in [0.15, 0.2) is 23.3 Å². The van der Waals surface area contributed by atoms with Crippen LogP contribution in [-0.2, 0) is 0 Å². The fraction of sp³-hybridized carbons (Fsp3) is 0. The SMILES string of the molecule is N#Cc1cc(-n2c3ccccc3c3ccc4sc5ccccc5c4c32)c(-n2c3ccccc3c3ccc4sc5ccccc5c4c32)cc1-c1c(F)c(F)c(F)c(F)c1F. The van der Waals surface area contributed by atoms with Crippen molar-refractivity contribution >= 4 is 107 Å². The Hall–Kier alpha value is -7.06. The standard InChI is InChI=1S/C49H22F5N3S2/c50-43-42(44(51)46(53)47(54)45(43)52)31-22-35(57-33-14-6-2-10-26(33)28-18-20-39-41(49(28)57)30-12-4-8-16-37(30)59-39)34(21-24(31)23-55)56-32-13-5-1-9-25(32)27-17-19-38-40(48(27)56)29-11-3-7-15-36(29)58-38/h1-22H. The molecule has 8 aromatic carbocycles. The molecule has 0 aliphatic heterocycles. The number of thiophene rings is 2. The molecule has 0 amide bonds. The maximum atomic E-state index is 16.0. The Bertz CT molecular complexity index is 3850. The zero-order chi connectivity index (χ0) is 39.8. The first-order valence-electron chi connectivity index (χ1n) is 18.6. The highest BCUT2D eigenvalue weighted by atomic mass is 32.1. The van der Waals surface area contributed by atoms with E-state index in [-0.39, 0.29) is 5.56 Å². The molecule has 0 fully saturated rings. The normalized spacial score (nSPS) is 12.1. The van der Waals surface area contributed by atoms with E-state index >= 15 is 17.6 Å². The van der Waals surface area contributed by atoms with Gasteiger partial charge in [0.2, 0.25) is 5.82 Å². The van der Waals surface area contributed by atoms with Crippen LogP contribution >= 0.6 is 22.7 Å². The van der Waals surface area contributed by atoms with E-state index < -0.39 is 40.2 Å². The minimum Gasteiger partial charge on any atom is -0.306 e. The Kier molecular flexibility index (Phi) is 7.05. The molecule has 0 N–H and O–H groups in total. The van der Waals surface area contributed by atoms with Gasteiger partial charge in [-0.1, -0.05) is 84.9 Å². The Morgan fingerprint density at radius 3 is 1.34 bits per heavy atom. The van der Waals surface area contributed by atoms with Crippen LogP contribution in [0, 0.1) is 40.4 Å². The van der Waals surface area contributed by atoms with Gasteiger partial charge in [0.25, 0.3) is 0 Å². The summed E-state index contributed by atoms with van der Waals surface area (Å²) in [6.07, 6.45) is 0. The highest BCUT2D eigenvalue weighted by Crippen LogP contribution is 2.48. The molecule has 0 bridgehead atoms. The number of nitrogens with zero attached hydrogens (tertiary/aromatic N) is 3. The van der Waals surface area contributed by atoms with Crippen molar-refractivity contribution in [2.75, 3.05) is 0 Å². The summed E-state index contributed by atoms with van der Waals surface area (Å²) in [7, 11) is 0. The molecule has 0 aliphatic carbocycles. The summed E-state index contributed by atoms with van der Waals surface area (Å²) in [6.45, 7) is 0. The van der Waals surface area contributed by atoms with Crippen molar-refractivity contribution in [1.29, 1.82) is 5.26 Å². The summed E-state index contributed by atoms with van der Waals surface area (Å²) in [5, 5.41) is 18.4. The first-order chi connectivity index (χ1) is 28.8. The van der Waals surface area contributed by atoms with Crippen molar-refractivity contribution in [1.82, 2.24) is 9.13 Å². The molecule has 4 heterocycles. The van der Waals surface area contributed by atoms with E-state index in [1.165, 1.54) is 12.1 Å². The predicted molar refractivity (Wildman–Crippen MR) is 231 cm³/mol. The molecule has 0 unspecified atom stereocenters. The van der Waals surface area contributed by atoms with E-state index in [2.05, 4.69) is 59.2 Å². The molecule has 0 atom stereocenters. The van der Waals surface area contributed by atoms with Crippen LogP contribution in [0.1, 0.15) is 5.56 Å². The fourth-order valence-electron chi connectivity index (χ4n) is 9.11. The molecule has 59 heavy (non-hydrogen) atoms. The molecular weight excluding hydrogens is 790 g/mol. The second-order valence-electron chi connectivity index (χ2n) is 14.5. The van der Waals surface area contributed by atoms with Gasteiger partial charge in [-0.3, -0.25) is 0 Å². The van der Waals surface area contributed by atoms with Gasteiger partial charge in [0.05, 0.1) is 50.6 Å². The van der Waals surface area contributed by atoms with Crippen LogP contribution < -0.4 is 0 Å². The summed E-state index contributed by atoms with van der Waals surface area (Å²) in [4.78, 5) is 0. The molecule has 0 radical (unpaired) electrons. The third-order valence-corrected chi connectivity index (χ3v) is 13.8. The van der Waals surface area contributed by atoms with Crippen molar-refractivity contribution in [3.63, 3.8) is 0 Å². The van der Waals surface area contributed by atoms with E-state index in [9.17, 15) is 9.65 Å². The largest absolute Gasteiger partial charge is 0.306 e. The molecule has 0 saturated carbocycles. The Morgan fingerprint density at radius 2 is 0.847 bits per heavy atom. The maximum absolute atomic E-state index is 16.0. The molecule has 12 aromatic rings. The molecule has 3 nitrogen and oxygen atoms in total. The van der Waals surface area contributed by atoms with E-state index in [0.29, 0.717) is 11.4 Å². The summed E-state index contributed by atoms with van der Waals surface area (Å²) in [5.41, 5.74) is 2.15. The zero-order valence-corrected chi connectivity index (χ0v) is 31.9. The maximum Gasteiger partial charge on any atom is 0.200 e. The quantitative estimate of drug-likeness (QED) is 0.0994. The van der Waals surface area contributed by atoms with Crippen molar-refractivity contribution in [2.24, 2.45) is 0 Å². The van der Waals surface area contributed by atoms with Crippen LogP contribution in [0.5, 0.6) is 0 Å².